The van der Waals surface area contributed by atoms with Gasteiger partial charge in [0.25, 0.3) is 5.91 Å². The number of likely N-dealkylation sites (tertiary alicyclic amines) is 1. The predicted molar refractivity (Wildman–Crippen MR) is 106 cm³/mol. The standard InChI is InChI=1S/C19H33N5O5/c1-9-8-24(17(28)14(19(4,5)6)23-18(29)21-7)12(10(9)2)16(27)22-11(3)13(25)15(20)26/h9-12,14H,8H2,1-7H3,(H2,20,26)(H,22,27)(H2,21,23,29)/t9-,10?,11?,12-,14?/m0/s1. The molecule has 29 heavy (non-hydrogen) atoms. The van der Waals surface area contributed by atoms with Crippen LogP contribution in [0.1, 0.15) is 41.5 Å². The first-order chi connectivity index (χ1) is 13.2. The Balaban J connectivity index is 3.14. The molecule has 5 N–H and O–H groups in total. The van der Waals surface area contributed by atoms with E-state index in [-0.39, 0.29) is 17.7 Å². The lowest BCUT2D eigenvalue weighted by molar-refractivity contribution is -0.143. The molecule has 5 amide bonds. The van der Waals surface area contributed by atoms with Gasteiger partial charge in [-0.3, -0.25) is 19.2 Å². The minimum Gasteiger partial charge on any atom is -0.363 e. The van der Waals surface area contributed by atoms with Crippen LogP contribution < -0.4 is 21.7 Å². The quantitative estimate of drug-likeness (QED) is 0.429. The van der Waals surface area contributed by atoms with Gasteiger partial charge in [-0.05, 0) is 24.2 Å². The number of ketones is 1. The molecule has 1 aliphatic rings. The minimum atomic E-state index is -1.14. The monoisotopic (exact) mass is 411 g/mol. The number of carbonyl (C=O) groups excluding carboxylic acids is 5. The molecule has 164 valence electrons. The topological polar surface area (TPSA) is 151 Å². The van der Waals surface area contributed by atoms with Crippen LogP contribution in [-0.2, 0) is 19.2 Å². The van der Waals surface area contributed by atoms with E-state index < -0.39 is 47.2 Å². The van der Waals surface area contributed by atoms with Crippen molar-refractivity contribution in [3.8, 4) is 0 Å². The molecule has 10 nitrogen and oxygen atoms in total. The maximum absolute atomic E-state index is 13.3. The SMILES string of the molecule is CNC(=O)NC(C(=O)N1C[C@H](C)C(C)[C@H]1C(=O)NC(C)C(=O)C(N)=O)C(C)(C)C. The zero-order valence-corrected chi connectivity index (χ0v) is 18.2. The fourth-order valence-corrected chi connectivity index (χ4v) is 3.39. The second-order valence-corrected chi connectivity index (χ2v) is 8.75. The van der Waals surface area contributed by atoms with E-state index in [2.05, 4.69) is 16.0 Å². The second-order valence-electron chi connectivity index (χ2n) is 8.75. The molecule has 0 saturated carbocycles. The Morgan fingerprint density at radius 3 is 2.07 bits per heavy atom. The minimum absolute atomic E-state index is 0.0254. The number of nitrogens with one attached hydrogen (secondary N) is 3. The van der Waals surface area contributed by atoms with Crippen LogP contribution in [0, 0.1) is 17.3 Å². The van der Waals surface area contributed by atoms with Crippen LogP contribution in [0.4, 0.5) is 4.79 Å². The number of hydrogen-bond acceptors (Lipinski definition) is 5. The van der Waals surface area contributed by atoms with E-state index in [0.717, 1.165) is 0 Å². The molecule has 1 fully saturated rings. The number of nitrogens with two attached hydrogens (primary N) is 1. The maximum Gasteiger partial charge on any atom is 0.315 e. The molecule has 1 rings (SSSR count). The number of Topliss-reactive ketones (excluding diaryl/α,β-unsaturated/α-hetero) is 1. The number of nitrogens with zero attached hydrogens (tertiary/aromatic N) is 1. The van der Waals surface area contributed by atoms with E-state index >= 15 is 0 Å². The fraction of sp³-hybridized carbons (Fsp3) is 0.737. The Kier molecular flexibility index (Phi) is 7.76. The summed E-state index contributed by atoms with van der Waals surface area (Å²) in [6.07, 6.45) is 0. The summed E-state index contributed by atoms with van der Waals surface area (Å²) in [7, 11) is 1.45. The van der Waals surface area contributed by atoms with Gasteiger partial charge in [-0.25, -0.2) is 4.79 Å². The van der Waals surface area contributed by atoms with Crippen LogP contribution >= 0.6 is 0 Å². The van der Waals surface area contributed by atoms with Gasteiger partial charge in [0, 0.05) is 13.6 Å². The van der Waals surface area contributed by atoms with E-state index in [4.69, 9.17) is 5.73 Å². The van der Waals surface area contributed by atoms with Gasteiger partial charge in [-0.2, -0.15) is 0 Å². The highest BCUT2D eigenvalue weighted by Gasteiger charge is 2.47. The number of rotatable bonds is 6. The number of hydrogen-bond donors (Lipinski definition) is 4. The van der Waals surface area contributed by atoms with Crippen LogP contribution in [0.25, 0.3) is 0 Å². The van der Waals surface area contributed by atoms with Crippen molar-refractivity contribution in [3.05, 3.63) is 0 Å². The van der Waals surface area contributed by atoms with E-state index in [1.165, 1.54) is 18.9 Å². The van der Waals surface area contributed by atoms with Gasteiger partial charge in [0.15, 0.2) is 0 Å². The number of urea groups is 1. The van der Waals surface area contributed by atoms with Crippen molar-refractivity contribution in [1.29, 1.82) is 0 Å². The summed E-state index contributed by atoms with van der Waals surface area (Å²) in [6.45, 7) is 10.9. The van der Waals surface area contributed by atoms with Crippen LogP contribution in [-0.4, -0.2) is 66.2 Å². The molecule has 1 heterocycles. The van der Waals surface area contributed by atoms with Crippen LogP contribution in [0.15, 0.2) is 0 Å². The van der Waals surface area contributed by atoms with Crippen LogP contribution in [0.5, 0.6) is 0 Å². The van der Waals surface area contributed by atoms with Crippen molar-refractivity contribution >= 4 is 29.5 Å². The number of amides is 5. The maximum atomic E-state index is 13.3. The third kappa shape index (κ3) is 5.68. The molecule has 0 spiro atoms. The molecular formula is C19H33N5O5. The zero-order valence-electron chi connectivity index (χ0n) is 18.2. The van der Waals surface area contributed by atoms with Crippen molar-refractivity contribution in [2.75, 3.05) is 13.6 Å². The Labute approximate surface area is 171 Å². The highest BCUT2D eigenvalue weighted by atomic mass is 16.2. The van der Waals surface area contributed by atoms with Crippen molar-refractivity contribution in [1.82, 2.24) is 20.9 Å². The third-order valence-corrected chi connectivity index (χ3v) is 5.38. The summed E-state index contributed by atoms with van der Waals surface area (Å²) < 4.78 is 0. The molecule has 1 saturated heterocycles. The first-order valence-electron chi connectivity index (χ1n) is 9.65. The second kappa shape index (κ2) is 9.23. The molecule has 0 aromatic heterocycles. The van der Waals surface area contributed by atoms with Gasteiger partial charge in [0.05, 0.1) is 6.04 Å². The van der Waals surface area contributed by atoms with Gasteiger partial charge < -0.3 is 26.6 Å². The average molecular weight is 412 g/mol. The predicted octanol–water partition coefficient (Wildman–Crippen LogP) is -0.628. The van der Waals surface area contributed by atoms with E-state index in [1.54, 1.807) is 0 Å². The van der Waals surface area contributed by atoms with Crippen LogP contribution in [0.3, 0.4) is 0 Å². The summed E-state index contributed by atoms with van der Waals surface area (Å²) in [5, 5.41) is 7.58. The molecule has 0 bridgehead atoms. The van der Waals surface area contributed by atoms with Gasteiger partial charge >= 0.3 is 6.03 Å². The lowest BCUT2D eigenvalue weighted by Crippen LogP contribution is -2.60. The normalized spacial score (nSPS) is 23.7. The molecule has 0 aliphatic carbocycles. The van der Waals surface area contributed by atoms with Gasteiger partial charge in [-0.15, -0.1) is 0 Å². The number of carbonyl (C=O) groups is 5. The largest absolute Gasteiger partial charge is 0.363 e. The molecule has 5 atom stereocenters. The summed E-state index contributed by atoms with van der Waals surface area (Å²) in [6, 6.07) is -3.29. The first kappa shape index (κ1) is 24.4. The van der Waals surface area contributed by atoms with E-state index in [9.17, 15) is 24.0 Å². The van der Waals surface area contributed by atoms with Crippen LogP contribution in [0.2, 0.25) is 0 Å². The molecule has 10 heteroatoms. The molecule has 3 unspecified atom stereocenters. The fourth-order valence-electron chi connectivity index (χ4n) is 3.39. The highest BCUT2D eigenvalue weighted by molar-refractivity contribution is 6.37. The average Bonchev–Trinajstić information content (AvgIpc) is 2.91. The Morgan fingerprint density at radius 2 is 1.62 bits per heavy atom. The zero-order chi connectivity index (χ0) is 22.7. The first-order valence-corrected chi connectivity index (χ1v) is 9.65. The Morgan fingerprint density at radius 1 is 1.07 bits per heavy atom. The van der Waals surface area contributed by atoms with Crippen molar-refractivity contribution in [3.63, 3.8) is 0 Å². The summed E-state index contributed by atoms with van der Waals surface area (Å²) in [5.74, 6) is -3.13. The lowest BCUT2D eigenvalue weighted by atomic mass is 9.85. The van der Waals surface area contributed by atoms with Gasteiger partial charge in [0.1, 0.15) is 12.1 Å². The molecule has 1 aliphatic heterocycles. The van der Waals surface area contributed by atoms with Crippen molar-refractivity contribution in [2.45, 2.75) is 59.7 Å². The van der Waals surface area contributed by atoms with Crippen molar-refractivity contribution < 1.29 is 24.0 Å². The van der Waals surface area contributed by atoms with Crippen molar-refractivity contribution in [2.24, 2.45) is 23.0 Å². The third-order valence-electron chi connectivity index (χ3n) is 5.38. The summed E-state index contributed by atoms with van der Waals surface area (Å²) in [5.41, 5.74) is 4.39. The van der Waals surface area contributed by atoms with E-state index in [0.29, 0.717) is 6.54 Å². The smallest absolute Gasteiger partial charge is 0.315 e. The Bertz CT molecular complexity index is 687. The summed E-state index contributed by atoms with van der Waals surface area (Å²) >= 11 is 0. The molecule has 0 aromatic rings. The van der Waals surface area contributed by atoms with E-state index in [1.807, 2.05) is 34.6 Å². The lowest BCUT2D eigenvalue weighted by Gasteiger charge is -2.36. The number of primary amides is 1. The van der Waals surface area contributed by atoms with Gasteiger partial charge in [-0.1, -0.05) is 34.6 Å². The summed E-state index contributed by atoms with van der Waals surface area (Å²) in [4.78, 5) is 62.3. The Hall–Kier alpha value is -2.65. The van der Waals surface area contributed by atoms with Gasteiger partial charge in [0.2, 0.25) is 17.6 Å². The molecule has 0 aromatic carbocycles. The highest BCUT2D eigenvalue weighted by Crippen LogP contribution is 2.32. The molecule has 0 radical (unpaired) electrons. The molecular weight excluding hydrogens is 378 g/mol.